The van der Waals surface area contributed by atoms with Crippen molar-refractivity contribution in [2.24, 2.45) is 5.92 Å². The minimum atomic E-state index is -1.05. The fourth-order valence-corrected chi connectivity index (χ4v) is 1.50. The molecule has 1 heterocycles. The van der Waals surface area contributed by atoms with Gasteiger partial charge in [0.15, 0.2) is 5.82 Å². The predicted octanol–water partition coefficient (Wildman–Crippen LogP) is 0.364. The van der Waals surface area contributed by atoms with Gasteiger partial charge in [-0.25, -0.2) is 14.6 Å². The lowest BCUT2D eigenvalue weighted by Crippen LogP contribution is -2.48. The quantitative estimate of drug-likeness (QED) is 0.714. The number of H-pyrrole nitrogens is 1. The van der Waals surface area contributed by atoms with Crippen LogP contribution in [0.15, 0.2) is 0 Å². The molecule has 1 atom stereocenters. The van der Waals surface area contributed by atoms with Crippen LogP contribution in [0, 0.1) is 12.8 Å². The van der Waals surface area contributed by atoms with Crippen molar-refractivity contribution < 1.29 is 14.7 Å². The summed E-state index contributed by atoms with van der Waals surface area (Å²) in [6.45, 7) is 5.44. The van der Waals surface area contributed by atoms with Crippen LogP contribution in [0.5, 0.6) is 0 Å². The number of nitrogens with one attached hydrogen (secondary N) is 2. The van der Waals surface area contributed by atoms with E-state index < -0.39 is 18.0 Å². The Bertz CT molecular complexity index is 457. The van der Waals surface area contributed by atoms with E-state index in [0.717, 1.165) is 0 Å². The minimum absolute atomic E-state index is 0.194. The number of carboxylic acid groups (broad SMARTS) is 1. The number of carbonyl (C=O) groups excluding carboxylic acids is 1. The molecule has 8 nitrogen and oxygen atoms in total. The van der Waals surface area contributed by atoms with Gasteiger partial charge in [0.1, 0.15) is 11.9 Å². The van der Waals surface area contributed by atoms with Crippen molar-refractivity contribution in [1.82, 2.24) is 25.4 Å². The Labute approximate surface area is 111 Å². The largest absolute Gasteiger partial charge is 0.480 e. The fraction of sp³-hybridized carbons (Fsp3) is 0.636. The number of carboxylic acids is 1. The van der Waals surface area contributed by atoms with Gasteiger partial charge in [-0.2, -0.15) is 5.10 Å². The maximum absolute atomic E-state index is 11.9. The van der Waals surface area contributed by atoms with E-state index in [0.29, 0.717) is 11.6 Å². The van der Waals surface area contributed by atoms with Crippen LogP contribution >= 0.6 is 0 Å². The van der Waals surface area contributed by atoms with Crippen LogP contribution in [0.4, 0.5) is 4.79 Å². The van der Waals surface area contributed by atoms with Gasteiger partial charge >= 0.3 is 12.0 Å². The lowest BCUT2D eigenvalue weighted by molar-refractivity contribution is -0.140. The van der Waals surface area contributed by atoms with Crippen molar-refractivity contribution in [2.45, 2.75) is 33.4 Å². The number of aromatic nitrogens is 3. The highest BCUT2D eigenvalue weighted by molar-refractivity contribution is 5.82. The van der Waals surface area contributed by atoms with Crippen LogP contribution in [0.2, 0.25) is 0 Å². The highest BCUT2D eigenvalue weighted by Gasteiger charge is 2.25. The van der Waals surface area contributed by atoms with E-state index in [-0.39, 0.29) is 12.5 Å². The molecule has 0 bridgehead atoms. The number of aliphatic carboxylic acids is 1. The molecule has 0 aliphatic carbocycles. The van der Waals surface area contributed by atoms with Crippen molar-refractivity contribution in [2.75, 3.05) is 7.05 Å². The van der Waals surface area contributed by atoms with Gasteiger partial charge in [-0.3, -0.25) is 5.10 Å². The van der Waals surface area contributed by atoms with Crippen molar-refractivity contribution in [3.63, 3.8) is 0 Å². The number of nitrogens with zero attached hydrogens (tertiary/aromatic N) is 3. The smallest absolute Gasteiger partial charge is 0.326 e. The molecule has 8 heteroatoms. The maximum atomic E-state index is 11.9. The molecule has 0 unspecified atom stereocenters. The monoisotopic (exact) mass is 269 g/mol. The summed E-state index contributed by atoms with van der Waals surface area (Å²) < 4.78 is 0. The summed E-state index contributed by atoms with van der Waals surface area (Å²) in [6, 6.07) is -1.38. The Hall–Kier alpha value is -2.12. The summed E-state index contributed by atoms with van der Waals surface area (Å²) in [5.74, 6) is -0.105. The van der Waals surface area contributed by atoms with Gasteiger partial charge < -0.3 is 15.3 Å². The van der Waals surface area contributed by atoms with Crippen LogP contribution in [0.3, 0.4) is 0 Å². The number of aryl methyl sites for hydroxylation is 1. The van der Waals surface area contributed by atoms with Gasteiger partial charge in [-0.05, 0) is 12.8 Å². The Morgan fingerprint density at radius 1 is 1.47 bits per heavy atom. The lowest BCUT2D eigenvalue weighted by Gasteiger charge is -2.22. The van der Waals surface area contributed by atoms with Crippen LogP contribution in [0.1, 0.15) is 25.5 Å². The van der Waals surface area contributed by atoms with Crippen molar-refractivity contribution in [3.05, 3.63) is 11.6 Å². The standard InChI is InChI=1S/C11H19N5O3/c1-6(2)9(10(17)18)13-11(19)16(4)5-8-12-7(3)14-15-8/h6,9H,5H2,1-4H3,(H,13,19)(H,17,18)(H,12,14,15)/t9-/m1/s1. The summed E-state index contributed by atoms with van der Waals surface area (Å²) in [5, 5.41) is 18.1. The molecule has 0 saturated carbocycles. The molecule has 1 aromatic rings. The molecule has 19 heavy (non-hydrogen) atoms. The molecular formula is C11H19N5O3. The summed E-state index contributed by atoms with van der Waals surface area (Å²) in [5.41, 5.74) is 0. The normalized spacial score (nSPS) is 12.3. The highest BCUT2D eigenvalue weighted by atomic mass is 16.4. The highest BCUT2D eigenvalue weighted by Crippen LogP contribution is 2.04. The van der Waals surface area contributed by atoms with Crippen molar-refractivity contribution in [3.8, 4) is 0 Å². The topological polar surface area (TPSA) is 111 Å². The molecule has 0 aliphatic heterocycles. The van der Waals surface area contributed by atoms with Gasteiger partial charge in [0.2, 0.25) is 0 Å². The molecule has 0 spiro atoms. The molecule has 1 rings (SSSR count). The Kier molecular flexibility index (Phi) is 4.85. The summed E-state index contributed by atoms with van der Waals surface area (Å²) >= 11 is 0. The van der Waals surface area contributed by atoms with E-state index in [9.17, 15) is 9.59 Å². The molecule has 0 radical (unpaired) electrons. The number of rotatable bonds is 5. The Balaban J connectivity index is 2.59. The molecule has 3 N–H and O–H groups in total. The zero-order chi connectivity index (χ0) is 14.6. The van der Waals surface area contributed by atoms with Crippen molar-refractivity contribution in [1.29, 1.82) is 0 Å². The lowest BCUT2D eigenvalue weighted by atomic mass is 10.1. The SMILES string of the molecule is Cc1nc(CN(C)C(=O)N[C@@H](C(=O)O)C(C)C)n[nH]1. The van der Waals surface area contributed by atoms with Crippen LogP contribution in [0.25, 0.3) is 0 Å². The van der Waals surface area contributed by atoms with Crippen LogP contribution in [-0.2, 0) is 11.3 Å². The second kappa shape index (κ2) is 6.17. The first-order valence-corrected chi connectivity index (χ1v) is 5.93. The van der Waals surface area contributed by atoms with Gasteiger partial charge in [-0.1, -0.05) is 13.8 Å². The summed E-state index contributed by atoms with van der Waals surface area (Å²) in [7, 11) is 1.56. The van der Waals surface area contributed by atoms with Crippen LogP contribution in [-0.4, -0.2) is 50.3 Å². The number of hydrogen-bond donors (Lipinski definition) is 3. The summed E-state index contributed by atoms with van der Waals surface area (Å²) in [6.07, 6.45) is 0. The second-order valence-electron chi connectivity index (χ2n) is 4.70. The van der Waals surface area contributed by atoms with E-state index in [1.165, 1.54) is 4.90 Å². The minimum Gasteiger partial charge on any atom is -0.480 e. The third-order valence-electron chi connectivity index (χ3n) is 2.58. The second-order valence-corrected chi connectivity index (χ2v) is 4.70. The zero-order valence-electron chi connectivity index (χ0n) is 11.5. The molecule has 0 fully saturated rings. The molecule has 0 saturated heterocycles. The van der Waals surface area contributed by atoms with Crippen LogP contribution < -0.4 is 5.32 Å². The van der Waals surface area contributed by atoms with E-state index in [1.54, 1.807) is 27.8 Å². The number of hydrogen-bond acceptors (Lipinski definition) is 4. The molecule has 0 aliphatic rings. The number of amides is 2. The molecule has 0 aromatic carbocycles. The average Bonchev–Trinajstić information content (AvgIpc) is 2.70. The maximum Gasteiger partial charge on any atom is 0.326 e. The predicted molar refractivity (Wildman–Crippen MR) is 67.4 cm³/mol. The zero-order valence-corrected chi connectivity index (χ0v) is 11.5. The van der Waals surface area contributed by atoms with Gasteiger partial charge in [-0.15, -0.1) is 0 Å². The average molecular weight is 269 g/mol. The van der Waals surface area contributed by atoms with Gasteiger partial charge in [0.05, 0.1) is 6.54 Å². The molecule has 1 aromatic heterocycles. The third kappa shape index (κ3) is 4.23. The molecule has 2 amide bonds. The Morgan fingerprint density at radius 2 is 2.11 bits per heavy atom. The van der Waals surface area contributed by atoms with Gasteiger partial charge in [0, 0.05) is 7.05 Å². The van der Waals surface area contributed by atoms with Gasteiger partial charge in [0.25, 0.3) is 0 Å². The molecular weight excluding hydrogens is 250 g/mol. The van der Waals surface area contributed by atoms with E-state index in [2.05, 4.69) is 20.5 Å². The van der Waals surface area contributed by atoms with E-state index in [1.807, 2.05) is 0 Å². The van der Waals surface area contributed by atoms with Crippen molar-refractivity contribution >= 4 is 12.0 Å². The number of aromatic amines is 1. The third-order valence-corrected chi connectivity index (χ3v) is 2.58. The van der Waals surface area contributed by atoms with E-state index >= 15 is 0 Å². The summed E-state index contributed by atoms with van der Waals surface area (Å²) in [4.78, 5) is 28.3. The molecule has 106 valence electrons. The van der Waals surface area contributed by atoms with E-state index in [4.69, 9.17) is 5.11 Å². The first kappa shape index (κ1) is 14.9. The fourth-order valence-electron chi connectivity index (χ4n) is 1.50. The first-order valence-electron chi connectivity index (χ1n) is 5.93. The first-order chi connectivity index (χ1) is 8.81. The number of urea groups is 1. The number of carbonyl (C=O) groups is 2. The Morgan fingerprint density at radius 3 is 2.53 bits per heavy atom.